The minimum absolute atomic E-state index is 0.111. The molecule has 0 radical (unpaired) electrons. The van der Waals surface area contributed by atoms with Gasteiger partial charge in [-0.05, 0) is 135 Å². The molecule has 0 aromatic heterocycles. The van der Waals surface area contributed by atoms with Crippen molar-refractivity contribution in [3.8, 4) is 0 Å². The normalized spacial score (nSPS) is 13.0. The van der Waals surface area contributed by atoms with Crippen LogP contribution in [0.4, 0.5) is 0 Å². The SMILES string of the molecule is CC/C=C\C/C=C\C/C=C\C/C=C\CCCCC(=O)OC[C@H](COC(=O)CCCCCCCC/C=C\C/C=C\C/C=C\CCCCC)OC(=O)CCCCCC/C=C\C/C=C\C/C=C\CCCCC. The van der Waals surface area contributed by atoms with Gasteiger partial charge in [0.2, 0.25) is 0 Å². The Hall–Kier alpha value is -4.19. The number of carbonyl (C=O) groups excluding carboxylic acids is 3. The number of allylic oxidation sites excluding steroid dienone is 20. The summed E-state index contributed by atoms with van der Waals surface area (Å²) >= 11 is 0. The van der Waals surface area contributed by atoms with Gasteiger partial charge in [0.05, 0.1) is 0 Å². The van der Waals surface area contributed by atoms with Crippen LogP contribution < -0.4 is 0 Å². The van der Waals surface area contributed by atoms with Crippen LogP contribution in [0.1, 0.15) is 239 Å². The van der Waals surface area contributed by atoms with Crippen molar-refractivity contribution in [3.05, 3.63) is 122 Å². The fourth-order valence-electron chi connectivity index (χ4n) is 7.21. The van der Waals surface area contributed by atoms with Crippen LogP contribution in [0.2, 0.25) is 0 Å². The van der Waals surface area contributed by atoms with Gasteiger partial charge in [-0.15, -0.1) is 0 Å². The molecule has 0 bridgehead atoms. The van der Waals surface area contributed by atoms with Crippen molar-refractivity contribution >= 4 is 17.9 Å². The largest absolute Gasteiger partial charge is 0.462 e. The van der Waals surface area contributed by atoms with E-state index in [0.717, 1.165) is 128 Å². The number of ether oxygens (including phenoxy) is 3. The smallest absolute Gasteiger partial charge is 0.306 e. The Bertz CT molecular complexity index is 1470. The topological polar surface area (TPSA) is 78.9 Å². The van der Waals surface area contributed by atoms with E-state index >= 15 is 0 Å². The molecule has 0 aromatic rings. The van der Waals surface area contributed by atoms with E-state index in [4.69, 9.17) is 14.2 Å². The number of hydrogen-bond acceptors (Lipinski definition) is 6. The summed E-state index contributed by atoms with van der Waals surface area (Å²) in [7, 11) is 0. The van der Waals surface area contributed by atoms with Gasteiger partial charge in [-0.2, -0.15) is 0 Å². The highest BCUT2D eigenvalue weighted by Gasteiger charge is 2.19. The lowest BCUT2D eigenvalue weighted by molar-refractivity contribution is -0.167. The minimum Gasteiger partial charge on any atom is -0.462 e. The van der Waals surface area contributed by atoms with E-state index in [1.54, 1.807) is 0 Å². The standard InChI is InChI=1S/C63H102O6/c1-4-7-10-13-16-19-22-25-28-30-31-33-35-38-41-44-47-50-53-56-62(65)68-59-60(58-67-61(64)55-52-49-46-43-40-37-34-27-24-21-18-15-12-9-6-3)69-63(66)57-54-51-48-45-42-39-36-32-29-26-23-20-17-14-11-8-5-2/h9,12,16-21,25-29,31,33-34,36,39-40,43,60H,4-8,10-11,13-15,22-24,30,32,35,37-38,41-42,44-59H2,1-3H3/b12-9-,19-16-,20-17-,21-18-,28-25-,29-26-,33-31-,34-27-,39-36-,43-40-/t60-/m1/s1. The van der Waals surface area contributed by atoms with E-state index in [1.807, 2.05) is 0 Å². The van der Waals surface area contributed by atoms with Gasteiger partial charge >= 0.3 is 17.9 Å². The molecule has 0 fully saturated rings. The van der Waals surface area contributed by atoms with E-state index in [-0.39, 0.29) is 37.5 Å². The van der Waals surface area contributed by atoms with Crippen LogP contribution in [0.15, 0.2) is 122 Å². The molecule has 0 aliphatic carbocycles. The maximum atomic E-state index is 12.8. The van der Waals surface area contributed by atoms with Gasteiger partial charge in [0, 0.05) is 19.3 Å². The molecule has 0 saturated heterocycles. The number of carbonyl (C=O) groups is 3. The fraction of sp³-hybridized carbons (Fsp3) is 0.635. The predicted molar refractivity (Wildman–Crippen MR) is 297 cm³/mol. The third-order valence-corrected chi connectivity index (χ3v) is 11.4. The minimum atomic E-state index is -0.817. The van der Waals surface area contributed by atoms with Gasteiger partial charge in [0.25, 0.3) is 0 Å². The summed E-state index contributed by atoms with van der Waals surface area (Å²) in [6.07, 6.45) is 77.5. The summed E-state index contributed by atoms with van der Waals surface area (Å²) < 4.78 is 16.8. The van der Waals surface area contributed by atoms with Crippen LogP contribution in [-0.2, 0) is 28.6 Å². The molecule has 6 nitrogen and oxygen atoms in total. The second kappa shape index (κ2) is 56.4. The van der Waals surface area contributed by atoms with Crippen molar-refractivity contribution in [1.82, 2.24) is 0 Å². The fourth-order valence-corrected chi connectivity index (χ4v) is 7.21. The van der Waals surface area contributed by atoms with Gasteiger partial charge in [-0.3, -0.25) is 14.4 Å². The molecule has 0 saturated carbocycles. The summed E-state index contributed by atoms with van der Waals surface area (Å²) in [5.41, 5.74) is 0. The zero-order valence-corrected chi connectivity index (χ0v) is 44.5. The Balaban J connectivity index is 4.53. The Morgan fingerprint density at radius 2 is 0.565 bits per heavy atom. The van der Waals surface area contributed by atoms with E-state index in [0.29, 0.717) is 19.3 Å². The van der Waals surface area contributed by atoms with Crippen molar-refractivity contribution in [1.29, 1.82) is 0 Å². The van der Waals surface area contributed by atoms with Crippen LogP contribution in [0.5, 0.6) is 0 Å². The van der Waals surface area contributed by atoms with Crippen LogP contribution in [0.3, 0.4) is 0 Å². The maximum absolute atomic E-state index is 12.8. The lowest BCUT2D eigenvalue weighted by Gasteiger charge is -2.18. The number of unbranched alkanes of at least 4 members (excludes halogenated alkanes) is 18. The van der Waals surface area contributed by atoms with Crippen molar-refractivity contribution < 1.29 is 28.6 Å². The highest BCUT2D eigenvalue weighted by atomic mass is 16.6. The van der Waals surface area contributed by atoms with E-state index in [1.165, 1.54) is 64.2 Å². The van der Waals surface area contributed by atoms with E-state index in [9.17, 15) is 14.4 Å². The predicted octanol–water partition coefficient (Wildman–Crippen LogP) is 18.9. The average molecular weight is 956 g/mol. The molecule has 0 N–H and O–H groups in total. The molecule has 0 spiro atoms. The molecule has 0 amide bonds. The number of rotatable bonds is 49. The van der Waals surface area contributed by atoms with Crippen molar-refractivity contribution in [2.45, 2.75) is 245 Å². The lowest BCUT2D eigenvalue weighted by atomic mass is 10.1. The Kier molecular flexibility index (Phi) is 53.0. The lowest BCUT2D eigenvalue weighted by Crippen LogP contribution is -2.30. The van der Waals surface area contributed by atoms with Gasteiger partial charge in [0.1, 0.15) is 13.2 Å². The van der Waals surface area contributed by atoms with Crippen molar-refractivity contribution in [2.75, 3.05) is 13.2 Å². The summed E-state index contributed by atoms with van der Waals surface area (Å²) in [5.74, 6) is -0.991. The molecule has 1 atom stereocenters. The maximum Gasteiger partial charge on any atom is 0.306 e. The van der Waals surface area contributed by atoms with Crippen LogP contribution >= 0.6 is 0 Å². The zero-order chi connectivity index (χ0) is 50.0. The number of esters is 3. The van der Waals surface area contributed by atoms with Gasteiger partial charge < -0.3 is 14.2 Å². The Morgan fingerprint density at radius 1 is 0.304 bits per heavy atom. The molecule has 69 heavy (non-hydrogen) atoms. The van der Waals surface area contributed by atoms with Gasteiger partial charge in [-0.1, -0.05) is 206 Å². The summed E-state index contributed by atoms with van der Waals surface area (Å²) in [4.78, 5) is 38.1. The third kappa shape index (κ3) is 54.6. The Morgan fingerprint density at radius 3 is 0.913 bits per heavy atom. The van der Waals surface area contributed by atoms with Gasteiger partial charge in [-0.25, -0.2) is 0 Å². The van der Waals surface area contributed by atoms with Crippen LogP contribution in [0, 0.1) is 0 Å². The molecule has 0 heterocycles. The van der Waals surface area contributed by atoms with Crippen LogP contribution in [0.25, 0.3) is 0 Å². The molecular weight excluding hydrogens is 853 g/mol. The Labute approximate surface area is 424 Å². The third-order valence-electron chi connectivity index (χ3n) is 11.4. The highest BCUT2D eigenvalue weighted by molar-refractivity contribution is 5.71. The molecular formula is C63H102O6. The molecule has 0 aromatic carbocycles. The van der Waals surface area contributed by atoms with Gasteiger partial charge in [0.15, 0.2) is 6.10 Å². The monoisotopic (exact) mass is 955 g/mol. The first-order valence-electron chi connectivity index (χ1n) is 28.0. The summed E-state index contributed by atoms with van der Waals surface area (Å²) in [5, 5.41) is 0. The highest BCUT2D eigenvalue weighted by Crippen LogP contribution is 2.13. The van der Waals surface area contributed by atoms with Crippen molar-refractivity contribution in [3.63, 3.8) is 0 Å². The molecule has 0 aliphatic heterocycles. The molecule has 0 unspecified atom stereocenters. The van der Waals surface area contributed by atoms with Crippen LogP contribution in [-0.4, -0.2) is 37.2 Å². The molecule has 0 aliphatic rings. The molecule has 390 valence electrons. The molecule has 6 heteroatoms. The van der Waals surface area contributed by atoms with E-state index in [2.05, 4.69) is 142 Å². The quantitative estimate of drug-likeness (QED) is 0.0262. The van der Waals surface area contributed by atoms with Crippen molar-refractivity contribution in [2.24, 2.45) is 0 Å². The summed E-state index contributed by atoms with van der Waals surface area (Å²) in [6.45, 7) is 6.39. The van der Waals surface area contributed by atoms with E-state index < -0.39 is 6.10 Å². The molecule has 0 rings (SSSR count). The zero-order valence-electron chi connectivity index (χ0n) is 44.5. The first-order chi connectivity index (χ1) is 34.0. The summed E-state index contributed by atoms with van der Waals surface area (Å²) in [6, 6.07) is 0. The second-order valence-electron chi connectivity index (χ2n) is 18.1. The second-order valence-corrected chi connectivity index (χ2v) is 18.1. The average Bonchev–Trinajstić information content (AvgIpc) is 3.35. The first kappa shape index (κ1) is 64.8. The first-order valence-corrected chi connectivity index (χ1v) is 28.0. The number of hydrogen-bond donors (Lipinski definition) is 0.